The van der Waals surface area contributed by atoms with Gasteiger partial charge in [-0.3, -0.25) is 0 Å². The second-order valence-electron chi connectivity index (χ2n) is 5.44. The van der Waals surface area contributed by atoms with Gasteiger partial charge in [-0.1, -0.05) is 0 Å². The Labute approximate surface area is 134 Å². The van der Waals surface area contributed by atoms with E-state index in [0.29, 0.717) is 25.9 Å². The number of carbonyl (C=O) groups is 1. The number of hydrogen-bond donors (Lipinski definition) is 0. The van der Waals surface area contributed by atoms with Crippen molar-refractivity contribution in [3.63, 3.8) is 0 Å². The average molecular weight is 329 g/mol. The smallest absolute Gasteiger partial charge is 0.338 e. The van der Waals surface area contributed by atoms with Gasteiger partial charge < -0.3 is 19.1 Å². The lowest BCUT2D eigenvalue weighted by Crippen LogP contribution is -2.39. The second-order valence-corrected chi connectivity index (χ2v) is 5.44. The molecule has 1 aromatic rings. The molecule has 128 valence electrons. The number of esters is 1. The van der Waals surface area contributed by atoms with E-state index in [2.05, 4.69) is 4.74 Å². The molecular formula is C16H21F2NO4. The fourth-order valence-electron chi connectivity index (χ4n) is 2.98. The summed E-state index contributed by atoms with van der Waals surface area (Å²) in [7, 11) is 4.32. The molecule has 0 unspecified atom stereocenters. The van der Waals surface area contributed by atoms with Gasteiger partial charge in [0.05, 0.1) is 12.7 Å². The van der Waals surface area contributed by atoms with Crippen LogP contribution in [-0.2, 0) is 14.2 Å². The summed E-state index contributed by atoms with van der Waals surface area (Å²) in [5.41, 5.74) is -0.248. The van der Waals surface area contributed by atoms with Crippen LogP contribution in [0.2, 0.25) is 0 Å². The average Bonchev–Trinajstić information content (AvgIpc) is 2.55. The van der Waals surface area contributed by atoms with Crippen molar-refractivity contribution in [3.05, 3.63) is 29.3 Å². The molecule has 0 aromatic heterocycles. The summed E-state index contributed by atoms with van der Waals surface area (Å²) in [6.07, 6.45) is 1.09. The normalized spacial score (nSPS) is 16.0. The minimum atomic E-state index is -0.768. The van der Waals surface area contributed by atoms with Crippen LogP contribution in [0.4, 0.5) is 14.5 Å². The molecule has 5 nitrogen and oxygen atoms in total. The summed E-state index contributed by atoms with van der Waals surface area (Å²) >= 11 is 0. The molecule has 7 heteroatoms. The molecule has 1 saturated heterocycles. The number of piperidine rings is 1. The van der Waals surface area contributed by atoms with E-state index in [1.54, 1.807) is 19.1 Å². The molecule has 0 saturated carbocycles. The van der Waals surface area contributed by atoms with Crippen molar-refractivity contribution in [1.82, 2.24) is 0 Å². The number of halogens is 2. The molecular weight excluding hydrogens is 308 g/mol. The van der Waals surface area contributed by atoms with Crippen LogP contribution in [0, 0.1) is 17.6 Å². The maximum Gasteiger partial charge on any atom is 0.338 e. The predicted octanol–water partition coefficient (Wildman–Crippen LogP) is 2.59. The Morgan fingerprint density at radius 2 is 1.65 bits per heavy atom. The third-order valence-corrected chi connectivity index (χ3v) is 4.14. The van der Waals surface area contributed by atoms with E-state index in [4.69, 9.17) is 9.47 Å². The van der Waals surface area contributed by atoms with Crippen LogP contribution >= 0.6 is 0 Å². The van der Waals surface area contributed by atoms with Crippen LogP contribution in [0.15, 0.2) is 12.1 Å². The van der Waals surface area contributed by atoms with Crippen LogP contribution < -0.4 is 4.90 Å². The molecule has 23 heavy (non-hydrogen) atoms. The van der Waals surface area contributed by atoms with Gasteiger partial charge in [0.2, 0.25) is 0 Å². The van der Waals surface area contributed by atoms with E-state index in [1.165, 1.54) is 7.11 Å². The van der Waals surface area contributed by atoms with Gasteiger partial charge in [-0.25, -0.2) is 13.6 Å². The zero-order valence-corrected chi connectivity index (χ0v) is 13.5. The summed E-state index contributed by atoms with van der Waals surface area (Å²) in [6.45, 7) is 0.971. The number of nitrogens with zero attached hydrogens (tertiary/aromatic N) is 1. The Morgan fingerprint density at radius 1 is 1.13 bits per heavy atom. The Morgan fingerprint density at radius 3 is 2.09 bits per heavy atom. The van der Waals surface area contributed by atoms with E-state index >= 15 is 0 Å². The number of methoxy groups -OCH3 is 3. The summed E-state index contributed by atoms with van der Waals surface area (Å²) in [5.74, 6) is -2.12. The van der Waals surface area contributed by atoms with E-state index in [-0.39, 0.29) is 23.5 Å². The topological polar surface area (TPSA) is 48.0 Å². The first-order valence-electron chi connectivity index (χ1n) is 7.39. The summed E-state index contributed by atoms with van der Waals surface area (Å²) < 4.78 is 43.4. The van der Waals surface area contributed by atoms with Crippen molar-refractivity contribution in [3.8, 4) is 0 Å². The van der Waals surface area contributed by atoms with Crippen molar-refractivity contribution in [2.45, 2.75) is 19.1 Å². The van der Waals surface area contributed by atoms with Gasteiger partial charge in [0.25, 0.3) is 0 Å². The van der Waals surface area contributed by atoms with E-state index in [1.807, 2.05) is 0 Å². The Bertz CT molecular complexity index is 532. The van der Waals surface area contributed by atoms with Gasteiger partial charge >= 0.3 is 5.97 Å². The van der Waals surface area contributed by atoms with E-state index in [9.17, 15) is 13.6 Å². The fraction of sp³-hybridized carbons (Fsp3) is 0.562. The largest absolute Gasteiger partial charge is 0.465 e. The van der Waals surface area contributed by atoms with Crippen LogP contribution in [0.3, 0.4) is 0 Å². The zero-order valence-electron chi connectivity index (χ0n) is 13.5. The lowest BCUT2D eigenvalue weighted by Gasteiger charge is -2.36. The molecule has 0 amide bonds. The van der Waals surface area contributed by atoms with E-state index < -0.39 is 17.6 Å². The number of anilines is 1. The SMILES string of the molecule is COC(=O)c1cc(F)c(N2CCC(C(OC)OC)CC2)c(F)c1. The molecule has 2 rings (SSSR count). The third kappa shape index (κ3) is 3.79. The van der Waals surface area contributed by atoms with Crippen molar-refractivity contribution >= 4 is 11.7 Å². The number of ether oxygens (including phenoxy) is 3. The zero-order chi connectivity index (χ0) is 17.0. The first kappa shape index (κ1) is 17.6. The monoisotopic (exact) mass is 329 g/mol. The summed E-state index contributed by atoms with van der Waals surface area (Å²) in [5, 5.41) is 0. The number of carbonyl (C=O) groups excluding carboxylic acids is 1. The fourth-order valence-corrected chi connectivity index (χ4v) is 2.98. The highest BCUT2D eigenvalue weighted by molar-refractivity contribution is 5.89. The van der Waals surface area contributed by atoms with Crippen LogP contribution in [0.1, 0.15) is 23.2 Å². The second kappa shape index (κ2) is 7.70. The van der Waals surface area contributed by atoms with Gasteiger partial charge in [-0.15, -0.1) is 0 Å². The summed E-state index contributed by atoms with van der Waals surface area (Å²) in [4.78, 5) is 13.0. The molecule has 1 aromatic carbocycles. The minimum absolute atomic E-state index is 0.109. The Kier molecular flexibility index (Phi) is 5.90. The van der Waals surface area contributed by atoms with E-state index in [0.717, 1.165) is 12.1 Å². The van der Waals surface area contributed by atoms with Gasteiger partial charge in [-0.05, 0) is 25.0 Å². The van der Waals surface area contributed by atoms with Crippen LogP contribution in [0.5, 0.6) is 0 Å². The van der Waals surface area contributed by atoms with Gasteiger partial charge in [0.15, 0.2) is 6.29 Å². The standard InChI is InChI=1S/C16H21F2NO4/c1-21-15(20)11-8-12(17)14(13(18)9-11)19-6-4-10(5-7-19)16(22-2)23-3/h8-10,16H,4-7H2,1-3H3. The number of benzene rings is 1. The number of hydrogen-bond acceptors (Lipinski definition) is 5. The maximum absolute atomic E-state index is 14.2. The maximum atomic E-state index is 14.2. The Hall–Kier alpha value is -1.73. The van der Waals surface area contributed by atoms with Crippen molar-refractivity contribution in [2.24, 2.45) is 5.92 Å². The van der Waals surface area contributed by atoms with Gasteiger partial charge in [0.1, 0.15) is 17.3 Å². The van der Waals surface area contributed by atoms with Gasteiger partial charge in [0, 0.05) is 33.2 Å². The summed E-state index contributed by atoms with van der Waals surface area (Å²) in [6, 6.07) is 2.01. The van der Waals surface area contributed by atoms with Crippen LogP contribution in [-0.4, -0.2) is 46.7 Å². The van der Waals surface area contributed by atoms with Crippen molar-refractivity contribution in [1.29, 1.82) is 0 Å². The molecule has 1 fully saturated rings. The predicted molar refractivity (Wildman–Crippen MR) is 80.4 cm³/mol. The van der Waals surface area contributed by atoms with Crippen molar-refractivity contribution < 1.29 is 27.8 Å². The quantitative estimate of drug-likeness (QED) is 0.614. The molecule has 1 aliphatic heterocycles. The minimum Gasteiger partial charge on any atom is -0.465 e. The van der Waals surface area contributed by atoms with Crippen LogP contribution in [0.25, 0.3) is 0 Å². The first-order chi connectivity index (χ1) is 11.0. The van der Waals surface area contributed by atoms with Gasteiger partial charge in [-0.2, -0.15) is 0 Å². The third-order valence-electron chi connectivity index (χ3n) is 4.14. The molecule has 0 N–H and O–H groups in total. The number of rotatable bonds is 5. The lowest BCUT2D eigenvalue weighted by atomic mass is 9.95. The molecule has 0 spiro atoms. The molecule has 0 bridgehead atoms. The highest BCUT2D eigenvalue weighted by atomic mass is 19.1. The van der Waals surface area contributed by atoms with Crippen molar-refractivity contribution in [2.75, 3.05) is 39.3 Å². The highest BCUT2D eigenvalue weighted by Crippen LogP contribution is 2.31. The first-order valence-corrected chi connectivity index (χ1v) is 7.39. The molecule has 0 radical (unpaired) electrons. The lowest BCUT2D eigenvalue weighted by molar-refractivity contribution is -0.141. The highest BCUT2D eigenvalue weighted by Gasteiger charge is 2.29. The molecule has 1 heterocycles. The molecule has 0 atom stereocenters. The molecule has 0 aliphatic carbocycles. The molecule has 1 aliphatic rings. The Balaban J connectivity index is 2.13.